The third-order valence-corrected chi connectivity index (χ3v) is 3.63. The van der Waals surface area contributed by atoms with Gasteiger partial charge in [0.2, 0.25) is 0 Å². The number of carbonyl (C=O) groups is 2. The summed E-state index contributed by atoms with van der Waals surface area (Å²) < 4.78 is 0. The zero-order chi connectivity index (χ0) is 14.8. The Morgan fingerprint density at radius 3 is 2.33 bits per heavy atom. The van der Waals surface area contributed by atoms with Gasteiger partial charge in [0.15, 0.2) is 0 Å². The molecule has 0 atom stereocenters. The second kappa shape index (κ2) is 5.36. The summed E-state index contributed by atoms with van der Waals surface area (Å²) in [5.41, 5.74) is 2.78. The van der Waals surface area contributed by atoms with Crippen molar-refractivity contribution in [3.8, 4) is 0 Å². The van der Waals surface area contributed by atoms with E-state index in [1.165, 1.54) is 29.6 Å². The highest BCUT2D eigenvalue weighted by atomic mass is 16.4. The fourth-order valence-electron chi connectivity index (χ4n) is 2.61. The van der Waals surface area contributed by atoms with E-state index in [9.17, 15) is 9.59 Å². The molecule has 0 aliphatic heterocycles. The van der Waals surface area contributed by atoms with Crippen LogP contribution in [0.15, 0.2) is 42.7 Å². The van der Waals surface area contributed by atoms with Crippen LogP contribution in [0.1, 0.15) is 31.8 Å². The number of benzene rings is 1. The molecule has 0 radical (unpaired) electrons. The molecule has 1 aliphatic carbocycles. The molecule has 0 saturated heterocycles. The largest absolute Gasteiger partial charge is 0.478 e. The van der Waals surface area contributed by atoms with Crippen LogP contribution in [0.5, 0.6) is 0 Å². The number of carboxylic acid groups (broad SMARTS) is 1. The number of pyridine rings is 1. The van der Waals surface area contributed by atoms with Gasteiger partial charge in [0.1, 0.15) is 0 Å². The molecule has 2 N–H and O–H groups in total. The van der Waals surface area contributed by atoms with Crippen molar-refractivity contribution < 1.29 is 14.7 Å². The summed E-state index contributed by atoms with van der Waals surface area (Å²) in [6.45, 7) is 0. The van der Waals surface area contributed by atoms with E-state index in [0.717, 1.165) is 12.8 Å². The van der Waals surface area contributed by atoms with Crippen molar-refractivity contribution in [1.29, 1.82) is 0 Å². The van der Waals surface area contributed by atoms with Gasteiger partial charge in [-0.3, -0.25) is 9.78 Å². The third kappa shape index (κ3) is 2.76. The molecule has 0 saturated carbocycles. The molecule has 0 unspecified atom stereocenters. The van der Waals surface area contributed by atoms with E-state index in [-0.39, 0.29) is 23.1 Å². The van der Waals surface area contributed by atoms with Gasteiger partial charge in [-0.05, 0) is 30.0 Å². The lowest BCUT2D eigenvalue weighted by atomic mass is 10.1. The lowest BCUT2D eigenvalue weighted by molar-refractivity contribution is 0.0696. The highest BCUT2D eigenvalue weighted by molar-refractivity contribution is 5.97. The molecule has 21 heavy (non-hydrogen) atoms. The molecule has 1 aromatic carbocycles. The SMILES string of the molecule is O=C(O)c1cncc(C(=O)NC2Cc3ccccc3C2)c1. The maximum Gasteiger partial charge on any atom is 0.337 e. The Balaban J connectivity index is 1.71. The molecular formula is C16H14N2O3. The molecule has 3 rings (SSSR count). The first-order chi connectivity index (χ1) is 10.1. The molecule has 1 aromatic heterocycles. The van der Waals surface area contributed by atoms with Gasteiger partial charge in [0, 0.05) is 18.4 Å². The maximum atomic E-state index is 12.2. The Morgan fingerprint density at radius 2 is 1.71 bits per heavy atom. The number of carbonyl (C=O) groups excluding carboxylic acids is 1. The first-order valence-corrected chi connectivity index (χ1v) is 6.69. The molecule has 1 amide bonds. The van der Waals surface area contributed by atoms with Crippen LogP contribution in [0.25, 0.3) is 0 Å². The number of rotatable bonds is 3. The highest BCUT2D eigenvalue weighted by Gasteiger charge is 2.23. The van der Waals surface area contributed by atoms with Crippen LogP contribution < -0.4 is 5.32 Å². The summed E-state index contributed by atoms with van der Waals surface area (Å²) in [5, 5.41) is 11.9. The molecule has 1 aliphatic rings. The van der Waals surface area contributed by atoms with Crippen molar-refractivity contribution in [1.82, 2.24) is 10.3 Å². The number of amides is 1. The van der Waals surface area contributed by atoms with Crippen LogP contribution in [-0.2, 0) is 12.8 Å². The lowest BCUT2D eigenvalue weighted by Crippen LogP contribution is -2.35. The van der Waals surface area contributed by atoms with Crippen molar-refractivity contribution in [2.45, 2.75) is 18.9 Å². The van der Waals surface area contributed by atoms with Crippen LogP contribution in [0.4, 0.5) is 0 Å². The minimum atomic E-state index is -1.09. The number of aromatic nitrogens is 1. The van der Waals surface area contributed by atoms with E-state index in [0.29, 0.717) is 0 Å². The maximum absolute atomic E-state index is 12.2. The number of carboxylic acids is 1. The molecule has 0 spiro atoms. The van der Waals surface area contributed by atoms with Gasteiger partial charge in [0.05, 0.1) is 11.1 Å². The summed E-state index contributed by atoms with van der Waals surface area (Å²) in [7, 11) is 0. The van der Waals surface area contributed by atoms with Crippen LogP contribution >= 0.6 is 0 Å². The first kappa shape index (κ1) is 13.3. The van der Waals surface area contributed by atoms with Crippen molar-refractivity contribution >= 4 is 11.9 Å². The smallest absolute Gasteiger partial charge is 0.337 e. The predicted molar refractivity (Wildman–Crippen MR) is 76.3 cm³/mol. The van der Waals surface area contributed by atoms with Crippen LogP contribution in [-0.4, -0.2) is 28.0 Å². The average Bonchev–Trinajstić information content (AvgIpc) is 2.89. The number of aromatic carboxylic acids is 1. The van der Waals surface area contributed by atoms with Crippen LogP contribution in [0.2, 0.25) is 0 Å². The van der Waals surface area contributed by atoms with Crippen LogP contribution in [0, 0.1) is 0 Å². The van der Waals surface area contributed by atoms with Gasteiger partial charge in [0.25, 0.3) is 5.91 Å². The average molecular weight is 282 g/mol. The minimum absolute atomic E-state index is 0.0114. The Hall–Kier alpha value is -2.69. The zero-order valence-electron chi connectivity index (χ0n) is 11.2. The predicted octanol–water partition coefficient (Wildman–Crippen LogP) is 1.68. The Bertz CT molecular complexity index is 687. The fraction of sp³-hybridized carbons (Fsp3) is 0.188. The number of hydrogen-bond donors (Lipinski definition) is 2. The summed E-state index contributed by atoms with van der Waals surface area (Å²) in [5.74, 6) is -1.38. The second-order valence-corrected chi connectivity index (χ2v) is 5.11. The summed E-state index contributed by atoms with van der Waals surface area (Å²) in [6, 6.07) is 9.49. The van der Waals surface area contributed by atoms with Gasteiger partial charge in [-0.15, -0.1) is 0 Å². The van der Waals surface area contributed by atoms with Crippen molar-refractivity contribution in [2.75, 3.05) is 0 Å². The number of nitrogens with zero attached hydrogens (tertiary/aromatic N) is 1. The number of hydrogen-bond acceptors (Lipinski definition) is 3. The standard InChI is InChI=1S/C16H14N2O3/c19-15(12-5-13(16(20)21)9-17-8-12)18-14-6-10-3-1-2-4-11(10)7-14/h1-5,8-9,14H,6-7H2,(H,18,19)(H,20,21). The molecule has 0 bridgehead atoms. The molecule has 0 fully saturated rings. The van der Waals surface area contributed by atoms with Gasteiger partial charge < -0.3 is 10.4 Å². The molecular weight excluding hydrogens is 268 g/mol. The molecule has 1 heterocycles. The van der Waals surface area contributed by atoms with Gasteiger partial charge in [-0.1, -0.05) is 24.3 Å². The summed E-state index contributed by atoms with van der Waals surface area (Å²) in [4.78, 5) is 26.9. The first-order valence-electron chi connectivity index (χ1n) is 6.69. The fourth-order valence-corrected chi connectivity index (χ4v) is 2.61. The molecule has 2 aromatic rings. The van der Waals surface area contributed by atoms with Crippen molar-refractivity contribution in [3.63, 3.8) is 0 Å². The van der Waals surface area contributed by atoms with Gasteiger partial charge in [-0.2, -0.15) is 0 Å². The Morgan fingerprint density at radius 1 is 1.10 bits per heavy atom. The van der Waals surface area contributed by atoms with Crippen molar-refractivity contribution in [3.05, 3.63) is 65.0 Å². The normalized spacial score (nSPS) is 13.7. The van der Waals surface area contributed by atoms with Crippen LogP contribution in [0.3, 0.4) is 0 Å². The highest BCUT2D eigenvalue weighted by Crippen LogP contribution is 2.21. The summed E-state index contributed by atoms with van der Waals surface area (Å²) in [6.07, 6.45) is 4.20. The molecule has 5 nitrogen and oxygen atoms in total. The quantitative estimate of drug-likeness (QED) is 0.897. The number of nitrogens with one attached hydrogen (secondary N) is 1. The third-order valence-electron chi connectivity index (χ3n) is 3.63. The molecule has 5 heteroatoms. The van der Waals surface area contributed by atoms with E-state index in [1.54, 1.807) is 0 Å². The van der Waals surface area contributed by atoms with Gasteiger partial charge >= 0.3 is 5.97 Å². The molecule has 106 valence electrons. The zero-order valence-corrected chi connectivity index (χ0v) is 11.2. The van der Waals surface area contributed by atoms with E-state index in [1.807, 2.05) is 12.1 Å². The Kier molecular flexibility index (Phi) is 3.39. The van der Waals surface area contributed by atoms with E-state index in [2.05, 4.69) is 22.4 Å². The number of fused-ring (bicyclic) bond motifs is 1. The van der Waals surface area contributed by atoms with E-state index >= 15 is 0 Å². The monoisotopic (exact) mass is 282 g/mol. The summed E-state index contributed by atoms with van der Waals surface area (Å²) >= 11 is 0. The van der Waals surface area contributed by atoms with Crippen molar-refractivity contribution in [2.24, 2.45) is 0 Å². The lowest BCUT2D eigenvalue weighted by Gasteiger charge is -2.12. The Labute approximate surface area is 121 Å². The van der Waals surface area contributed by atoms with Gasteiger partial charge in [-0.25, -0.2) is 4.79 Å². The van der Waals surface area contributed by atoms with E-state index in [4.69, 9.17) is 5.11 Å². The minimum Gasteiger partial charge on any atom is -0.478 e. The van der Waals surface area contributed by atoms with E-state index < -0.39 is 5.97 Å². The second-order valence-electron chi connectivity index (χ2n) is 5.11. The topological polar surface area (TPSA) is 79.3 Å².